The van der Waals surface area contributed by atoms with Gasteiger partial charge in [-0.1, -0.05) is 0 Å². The molecule has 0 atom stereocenters. The lowest BCUT2D eigenvalue weighted by atomic mass is 9.85. The van der Waals surface area contributed by atoms with Crippen molar-refractivity contribution in [2.75, 3.05) is 7.11 Å². The van der Waals surface area contributed by atoms with Crippen LogP contribution in [0.4, 0.5) is 0 Å². The first-order chi connectivity index (χ1) is 5.24. The van der Waals surface area contributed by atoms with Crippen LogP contribution >= 0.6 is 0 Å². The summed E-state index contributed by atoms with van der Waals surface area (Å²) in [5, 5.41) is 7.47. The van der Waals surface area contributed by atoms with Gasteiger partial charge >= 0.3 is 0 Å². The highest BCUT2D eigenvalue weighted by atomic mass is 16.5. The van der Waals surface area contributed by atoms with E-state index in [1.165, 1.54) is 0 Å². The first-order valence-corrected chi connectivity index (χ1v) is 4.32. The molecule has 0 aromatic heterocycles. The van der Waals surface area contributed by atoms with Crippen LogP contribution in [0.15, 0.2) is 0 Å². The lowest BCUT2D eigenvalue weighted by Crippen LogP contribution is -2.23. The van der Waals surface area contributed by atoms with E-state index in [0.717, 1.165) is 31.4 Å². The summed E-state index contributed by atoms with van der Waals surface area (Å²) in [6.07, 6.45) is 5.03. The molecule has 0 saturated heterocycles. The zero-order chi connectivity index (χ0) is 8.27. The van der Waals surface area contributed by atoms with Crippen LogP contribution in [0.25, 0.3) is 0 Å². The van der Waals surface area contributed by atoms with Crippen molar-refractivity contribution in [3.63, 3.8) is 0 Å². The van der Waals surface area contributed by atoms with Gasteiger partial charge in [0.25, 0.3) is 0 Å². The summed E-state index contributed by atoms with van der Waals surface area (Å²) in [6.45, 7) is 1.91. The Morgan fingerprint density at radius 3 is 2.18 bits per heavy atom. The molecule has 1 aliphatic rings. The third-order valence-electron chi connectivity index (χ3n) is 2.62. The monoisotopic (exact) mass is 155 g/mol. The zero-order valence-corrected chi connectivity index (χ0v) is 7.39. The van der Waals surface area contributed by atoms with Gasteiger partial charge in [-0.2, -0.15) is 0 Å². The number of methoxy groups -OCH3 is 1. The Kier molecular flexibility index (Phi) is 3.06. The molecule has 0 radical (unpaired) electrons. The van der Waals surface area contributed by atoms with Gasteiger partial charge in [0.2, 0.25) is 0 Å². The van der Waals surface area contributed by atoms with Crippen LogP contribution in [0, 0.1) is 11.3 Å². The molecule has 1 fully saturated rings. The standard InChI is InChI=1S/C9H17NO/c1-7(10)8-3-5-9(11-2)6-4-8/h8-10H,3-6H2,1-2H3. The molecule has 2 nitrogen and oxygen atoms in total. The highest BCUT2D eigenvalue weighted by molar-refractivity contribution is 5.81. The molecule has 0 spiro atoms. The summed E-state index contributed by atoms with van der Waals surface area (Å²) < 4.78 is 5.25. The number of hydrogen-bond donors (Lipinski definition) is 1. The van der Waals surface area contributed by atoms with E-state index in [4.69, 9.17) is 10.1 Å². The van der Waals surface area contributed by atoms with Crippen LogP contribution in [0.2, 0.25) is 0 Å². The Bertz CT molecular complexity index is 136. The second kappa shape index (κ2) is 3.86. The second-order valence-electron chi connectivity index (χ2n) is 3.39. The van der Waals surface area contributed by atoms with Crippen LogP contribution in [-0.4, -0.2) is 18.9 Å². The molecule has 0 unspecified atom stereocenters. The maximum atomic E-state index is 7.47. The van der Waals surface area contributed by atoms with Gasteiger partial charge in [0, 0.05) is 12.8 Å². The molecule has 1 saturated carbocycles. The smallest absolute Gasteiger partial charge is 0.0571 e. The van der Waals surface area contributed by atoms with E-state index in [2.05, 4.69) is 0 Å². The van der Waals surface area contributed by atoms with Crippen molar-refractivity contribution < 1.29 is 4.74 Å². The third-order valence-corrected chi connectivity index (χ3v) is 2.62. The third kappa shape index (κ3) is 2.29. The Morgan fingerprint density at radius 2 is 1.82 bits per heavy atom. The van der Waals surface area contributed by atoms with E-state index in [1.54, 1.807) is 7.11 Å². The Hall–Kier alpha value is -0.370. The van der Waals surface area contributed by atoms with Crippen molar-refractivity contribution in [3.8, 4) is 0 Å². The topological polar surface area (TPSA) is 33.1 Å². The predicted octanol–water partition coefficient (Wildman–Crippen LogP) is 2.23. The molecule has 0 aromatic carbocycles. The molecule has 0 aliphatic heterocycles. The molecule has 0 amide bonds. The highest BCUT2D eigenvalue weighted by Gasteiger charge is 2.21. The minimum atomic E-state index is 0.464. The van der Waals surface area contributed by atoms with Gasteiger partial charge < -0.3 is 10.1 Å². The summed E-state index contributed by atoms with van der Waals surface area (Å²) >= 11 is 0. The van der Waals surface area contributed by atoms with E-state index in [9.17, 15) is 0 Å². The van der Waals surface area contributed by atoms with Gasteiger partial charge in [0.05, 0.1) is 6.10 Å². The maximum Gasteiger partial charge on any atom is 0.0571 e. The van der Waals surface area contributed by atoms with Crippen molar-refractivity contribution in [1.29, 1.82) is 5.41 Å². The molecule has 0 aromatic rings. The second-order valence-corrected chi connectivity index (χ2v) is 3.39. The predicted molar refractivity (Wildman–Crippen MR) is 46.2 cm³/mol. The molecular weight excluding hydrogens is 138 g/mol. The van der Waals surface area contributed by atoms with Crippen molar-refractivity contribution in [1.82, 2.24) is 0 Å². The van der Waals surface area contributed by atoms with Gasteiger partial charge in [-0.25, -0.2) is 0 Å². The number of hydrogen-bond acceptors (Lipinski definition) is 2. The van der Waals surface area contributed by atoms with E-state index >= 15 is 0 Å². The van der Waals surface area contributed by atoms with Gasteiger partial charge in [-0.15, -0.1) is 0 Å². The Balaban J connectivity index is 2.30. The lowest BCUT2D eigenvalue weighted by Gasteiger charge is -2.26. The summed E-state index contributed by atoms with van der Waals surface area (Å²) in [5.41, 5.74) is 0.847. The van der Waals surface area contributed by atoms with Gasteiger partial charge in [-0.05, 0) is 38.5 Å². The van der Waals surface area contributed by atoms with Gasteiger partial charge in [0.15, 0.2) is 0 Å². The Morgan fingerprint density at radius 1 is 1.27 bits per heavy atom. The fraction of sp³-hybridized carbons (Fsp3) is 0.889. The normalized spacial score (nSPS) is 31.8. The van der Waals surface area contributed by atoms with Gasteiger partial charge in [-0.3, -0.25) is 0 Å². The van der Waals surface area contributed by atoms with Crippen molar-refractivity contribution >= 4 is 5.71 Å². The van der Waals surface area contributed by atoms with Crippen LogP contribution in [0.1, 0.15) is 32.6 Å². The molecule has 1 N–H and O–H groups in total. The summed E-state index contributed by atoms with van der Waals surface area (Å²) in [7, 11) is 1.78. The summed E-state index contributed by atoms with van der Waals surface area (Å²) in [4.78, 5) is 0. The SMILES string of the molecule is COC1CCC(C(C)=N)CC1. The molecule has 11 heavy (non-hydrogen) atoms. The van der Waals surface area contributed by atoms with Crippen molar-refractivity contribution in [3.05, 3.63) is 0 Å². The van der Waals surface area contributed by atoms with Crippen LogP contribution < -0.4 is 0 Å². The number of nitrogens with one attached hydrogen (secondary N) is 1. The fourth-order valence-corrected chi connectivity index (χ4v) is 1.73. The average molecular weight is 155 g/mol. The summed E-state index contributed by atoms with van der Waals surface area (Å²) in [5.74, 6) is 0.543. The van der Waals surface area contributed by atoms with E-state index in [0.29, 0.717) is 12.0 Å². The molecule has 1 aliphatic carbocycles. The van der Waals surface area contributed by atoms with E-state index < -0.39 is 0 Å². The first kappa shape index (κ1) is 8.72. The minimum absolute atomic E-state index is 0.464. The molecular formula is C9H17NO. The first-order valence-electron chi connectivity index (χ1n) is 4.32. The zero-order valence-electron chi connectivity index (χ0n) is 7.39. The van der Waals surface area contributed by atoms with Crippen molar-refractivity contribution in [2.24, 2.45) is 5.92 Å². The van der Waals surface area contributed by atoms with Gasteiger partial charge in [0.1, 0.15) is 0 Å². The number of ether oxygens (including phenoxy) is 1. The van der Waals surface area contributed by atoms with E-state index in [-0.39, 0.29) is 0 Å². The quantitative estimate of drug-likeness (QED) is 0.609. The molecule has 2 heteroatoms. The highest BCUT2D eigenvalue weighted by Crippen LogP contribution is 2.26. The van der Waals surface area contributed by atoms with Crippen LogP contribution in [0.5, 0.6) is 0 Å². The van der Waals surface area contributed by atoms with Crippen molar-refractivity contribution in [2.45, 2.75) is 38.7 Å². The lowest BCUT2D eigenvalue weighted by molar-refractivity contribution is 0.0646. The molecule has 64 valence electrons. The number of rotatable bonds is 2. The molecule has 0 heterocycles. The molecule has 0 bridgehead atoms. The maximum absolute atomic E-state index is 7.47. The van der Waals surface area contributed by atoms with Crippen LogP contribution in [-0.2, 0) is 4.74 Å². The fourth-order valence-electron chi connectivity index (χ4n) is 1.73. The minimum Gasteiger partial charge on any atom is -0.381 e. The average Bonchev–Trinajstić information content (AvgIpc) is 2.05. The summed E-state index contributed by atoms with van der Waals surface area (Å²) in [6, 6.07) is 0. The van der Waals surface area contributed by atoms with Crippen LogP contribution in [0.3, 0.4) is 0 Å². The largest absolute Gasteiger partial charge is 0.381 e. The van der Waals surface area contributed by atoms with E-state index in [1.807, 2.05) is 6.92 Å². The molecule has 1 rings (SSSR count). The Labute approximate surface area is 68.5 Å².